The molecule has 2 aromatic carbocycles. The highest BCUT2D eigenvalue weighted by molar-refractivity contribution is 5.99. The second-order valence-corrected chi connectivity index (χ2v) is 6.91. The first-order valence-electron chi connectivity index (χ1n) is 9.00. The molecule has 1 saturated heterocycles. The van der Waals surface area contributed by atoms with Crippen LogP contribution in [0.15, 0.2) is 48.5 Å². The molecule has 142 valence electrons. The Morgan fingerprint density at radius 3 is 2.52 bits per heavy atom. The van der Waals surface area contributed by atoms with Gasteiger partial charge in [0.25, 0.3) is 5.91 Å². The van der Waals surface area contributed by atoms with E-state index in [2.05, 4.69) is 11.4 Å². The summed E-state index contributed by atoms with van der Waals surface area (Å²) >= 11 is 0. The summed E-state index contributed by atoms with van der Waals surface area (Å²) in [5.41, 5.74) is 9.36. The van der Waals surface area contributed by atoms with Gasteiger partial charge in [0.2, 0.25) is 0 Å². The van der Waals surface area contributed by atoms with Gasteiger partial charge in [-0.2, -0.15) is 0 Å². The average molecular weight is 388 g/mol. The number of primary amides is 1. The monoisotopic (exact) mass is 387 g/mol. The molecule has 6 heteroatoms. The summed E-state index contributed by atoms with van der Waals surface area (Å²) in [4.78, 5) is 12.1. The van der Waals surface area contributed by atoms with Crippen molar-refractivity contribution in [1.82, 2.24) is 9.88 Å². The molecule has 1 fully saturated rings. The molecule has 3 aromatic rings. The molecule has 0 atom stereocenters. The minimum absolute atomic E-state index is 0. The summed E-state index contributed by atoms with van der Waals surface area (Å²) in [6.07, 6.45) is 2.18. The maximum atomic E-state index is 13.2. The van der Waals surface area contributed by atoms with Gasteiger partial charge in [-0.1, -0.05) is 24.3 Å². The number of nitrogens with zero attached hydrogens (tertiary/aromatic N) is 1. The number of hydrogen-bond acceptors (Lipinski definition) is 2. The molecule has 0 unspecified atom stereocenters. The van der Waals surface area contributed by atoms with Gasteiger partial charge in [-0.05, 0) is 67.2 Å². The number of benzene rings is 2. The van der Waals surface area contributed by atoms with E-state index in [-0.39, 0.29) is 18.2 Å². The molecule has 0 bridgehead atoms. The lowest BCUT2D eigenvalue weighted by Gasteiger charge is -2.23. The molecule has 0 spiro atoms. The van der Waals surface area contributed by atoms with Crippen molar-refractivity contribution >= 4 is 29.2 Å². The van der Waals surface area contributed by atoms with E-state index in [1.807, 2.05) is 22.8 Å². The number of halogens is 2. The first-order chi connectivity index (χ1) is 12.6. The third kappa shape index (κ3) is 3.84. The molecule has 4 nitrogen and oxygen atoms in total. The number of fused-ring (bicyclic) bond motifs is 1. The lowest BCUT2D eigenvalue weighted by molar-refractivity contribution is 0.0992. The van der Waals surface area contributed by atoms with E-state index >= 15 is 0 Å². The number of amides is 1. The highest BCUT2D eigenvalue weighted by atomic mass is 35.5. The fourth-order valence-corrected chi connectivity index (χ4v) is 3.94. The third-order valence-electron chi connectivity index (χ3n) is 5.26. The van der Waals surface area contributed by atoms with Crippen molar-refractivity contribution in [3.63, 3.8) is 0 Å². The smallest absolute Gasteiger partial charge is 0.265 e. The fourth-order valence-electron chi connectivity index (χ4n) is 3.94. The summed E-state index contributed by atoms with van der Waals surface area (Å²) < 4.78 is 15.1. The summed E-state index contributed by atoms with van der Waals surface area (Å²) in [6.45, 7) is 2.51. The van der Waals surface area contributed by atoms with Crippen molar-refractivity contribution in [3.05, 3.63) is 71.2 Å². The number of carbonyl (C=O) groups excluding carboxylic acids is 1. The normalized spacial score (nSPS) is 14.9. The molecule has 0 saturated carbocycles. The van der Waals surface area contributed by atoms with Crippen molar-refractivity contribution in [2.45, 2.75) is 25.3 Å². The van der Waals surface area contributed by atoms with Crippen molar-refractivity contribution in [2.75, 3.05) is 13.1 Å². The van der Waals surface area contributed by atoms with Crippen LogP contribution in [0.2, 0.25) is 0 Å². The van der Waals surface area contributed by atoms with Crippen LogP contribution in [0.5, 0.6) is 0 Å². The van der Waals surface area contributed by atoms with Gasteiger partial charge >= 0.3 is 0 Å². The van der Waals surface area contributed by atoms with Crippen LogP contribution in [0.1, 0.15) is 40.4 Å². The first-order valence-corrected chi connectivity index (χ1v) is 9.00. The molecule has 1 aliphatic heterocycles. The van der Waals surface area contributed by atoms with E-state index in [1.54, 1.807) is 12.1 Å². The number of carbonyl (C=O) groups is 1. The Labute approximate surface area is 164 Å². The molecular weight excluding hydrogens is 365 g/mol. The van der Waals surface area contributed by atoms with Crippen LogP contribution >= 0.6 is 12.4 Å². The fraction of sp³-hybridized carbons (Fsp3) is 0.286. The average Bonchev–Trinajstić information content (AvgIpc) is 3.03. The summed E-state index contributed by atoms with van der Waals surface area (Å²) in [5, 5.41) is 4.49. The Hall–Kier alpha value is -2.37. The molecule has 1 amide bonds. The van der Waals surface area contributed by atoms with Gasteiger partial charge in [0.1, 0.15) is 11.5 Å². The van der Waals surface area contributed by atoms with E-state index in [9.17, 15) is 9.18 Å². The number of rotatable bonds is 4. The topological polar surface area (TPSA) is 60.1 Å². The number of piperidine rings is 1. The predicted octanol–water partition coefficient (Wildman–Crippen LogP) is 3.82. The first kappa shape index (κ1) is 19.4. The summed E-state index contributed by atoms with van der Waals surface area (Å²) in [5.74, 6) is -0.226. The van der Waals surface area contributed by atoms with E-state index in [0.29, 0.717) is 18.2 Å². The minimum atomic E-state index is -0.445. The van der Waals surface area contributed by atoms with Crippen LogP contribution < -0.4 is 11.1 Å². The molecule has 1 aromatic heterocycles. The van der Waals surface area contributed by atoms with Crippen molar-refractivity contribution in [1.29, 1.82) is 0 Å². The molecule has 2 heterocycles. The number of hydrogen-bond donors (Lipinski definition) is 2. The molecular formula is C21H23ClFN3O. The van der Waals surface area contributed by atoms with Gasteiger partial charge < -0.3 is 15.6 Å². The quantitative estimate of drug-likeness (QED) is 0.715. The van der Waals surface area contributed by atoms with Crippen LogP contribution in [-0.4, -0.2) is 23.6 Å². The van der Waals surface area contributed by atoms with Gasteiger partial charge in [-0.15, -0.1) is 12.4 Å². The van der Waals surface area contributed by atoms with Crippen LogP contribution in [0.4, 0.5) is 4.39 Å². The van der Waals surface area contributed by atoms with Gasteiger partial charge in [-0.3, -0.25) is 4.79 Å². The van der Waals surface area contributed by atoms with E-state index in [1.165, 1.54) is 17.7 Å². The largest absolute Gasteiger partial charge is 0.364 e. The molecule has 4 rings (SSSR count). The zero-order valence-electron chi connectivity index (χ0n) is 15.0. The predicted molar refractivity (Wildman–Crippen MR) is 108 cm³/mol. The lowest BCUT2D eigenvalue weighted by Crippen LogP contribution is -2.26. The third-order valence-corrected chi connectivity index (χ3v) is 5.26. The van der Waals surface area contributed by atoms with E-state index in [0.717, 1.165) is 42.4 Å². The molecule has 27 heavy (non-hydrogen) atoms. The van der Waals surface area contributed by atoms with Crippen LogP contribution in [0, 0.1) is 5.82 Å². The molecule has 0 radical (unpaired) electrons. The number of nitrogens with one attached hydrogen (secondary N) is 1. The Kier molecular flexibility index (Phi) is 5.82. The van der Waals surface area contributed by atoms with Crippen LogP contribution in [-0.2, 0) is 6.54 Å². The zero-order chi connectivity index (χ0) is 18.1. The van der Waals surface area contributed by atoms with Crippen molar-refractivity contribution in [2.24, 2.45) is 5.73 Å². The van der Waals surface area contributed by atoms with Crippen molar-refractivity contribution < 1.29 is 9.18 Å². The minimum Gasteiger partial charge on any atom is -0.364 e. The SMILES string of the molecule is Cl.NC(=O)c1cc2c(C3CCNCC3)cccc2n1Cc1ccc(F)cc1. The van der Waals surface area contributed by atoms with Crippen LogP contribution in [0.3, 0.4) is 0 Å². The molecule has 3 N–H and O–H groups in total. The lowest BCUT2D eigenvalue weighted by atomic mass is 9.88. The maximum Gasteiger partial charge on any atom is 0.265 e. The maximum absolute atomic E-state index is 13.2. The highest BCUT2D eigenvalue weighted by Gasteiger charge is 2.21. The summed E-state index contributed by atoms with van der Waals surface area (Å²) in [7, 11) is 0. The highest BCUT2D eigenvalue weighted by Crippen LogP contribution is 2.33. The Morgan fingerprint density at radius 1 is 1.15 bits per heavy atom. The molecule has 1 aliphatic rings. The number of nitrogens with two attached hydrogens (primary N) is 1. The van der Waals surface area contributed by atoms with Gasteiger partial charge in [-0.25, -0.2) is 4.39 Å². The van der Waals surface area contributed by atoms with E-state index < -0.39 is 5.91 Å². The Bertz CT molecular complexity index is 946. The second kappa shape index (κ2) is 8.11. The Morgan fingerprint density at radius 2 is 1.85 bits per heavy atom. The second-order valence-electron chi connectivity index (χ2n) is 6.91. The Balaban J connectivity index is 0.00000210. The van der Waals surface area contributed by atoms with E-state index in [4.69, 9.17) is 5.73 Å². The van der Waals surface area contributed by atoms with Gasteiger partial charge in [0, 0.05) is 17.4 Å². The van der Waals surface area contributed by atoms with Crippen LogP contribution in [0.25, 0.3) is 10.9 Å². The summed E-state index contributed by atoms with van der Waals surface area (Å²) in [6, 6.07) is 14.5. The molecule has 0 aliphatic carbocycles. The number of aromatic nitrogens is 1. The van der Waals surface area contributed by atoms with Gasteiger partial charge in [0.15, 0.2) is 0 Å². The standard InChI is InChI=1S/C21H22FN3O.ClH/c22-16-6-4-14(5-7-16)13-25-19-3-1-2-17(15-8-10-24-11-9-15)18(19)12-20(25)21(23)26;/h1-7,12,15,24H,8-11,13H2,(H2,23,26);1H. The zero-order valence-corrected chi connectivity index (χ0v) is 15.8. The van der Waals surface area contributed by atoms with Crippen molar-refractivity contribution in [3.8, 4) is 0 Å². The van der Waals surface area contributed by atoms with Gasteiger partial charge in [0.05, 0.1) is 0 Å².